The van der Waals surface area contributed by atoms with Crippen LogP contribution in [0.4, 0.5) is 19.0 Å². The second-order valence-corrected chi connectivity index (χ2v) is 6.86. The maximum Gasteiger partial charge on any atom is 0.573 e. The Bertz CT molecular complexity index is 1030. The highest BCUT2D eigenvalue weighted by Crippen LogP contribution is 2.31. The highest BCUT2D eigenvalue weighted by molar-refractivity contribution is 5.65. The van der Waals surface area contributed by atoms with E-state index in [0.29, 0.717) is 23.7 Å². The van der Waals surface area contributed by atoms with Gasteiger partial charge in [0.1, 0.15) is 12.4 Å². The van der Waals surface area contributed by atoms with E-state index in [1.807, 2.05) is 37.3 Å². The van der Waals surface area contributed by atoms with E-state index in [9.17, 15) is 13.2 Å². The summed E-state index contributed by atoms with van der Waals surface area (Å²) in [5.41, 5.74) is 8.09. The molecule has 31 heavy (non-hydrogen) atoms. The summed E-state index contributed by atoms with van der Waals surface area (Å²) < 4.78 is 49.5. The number of allylic oxidation sites excluding steroid dienone is 1. The number of nitrogen functional groups attached to an aromatic ring is 1. The molecule has 0 spiro atoms. The van der Waals surface area contributed by atoms with Crippen LogP contribution >= 0.6 is 0 Å². The summed E-state index contributed by atoms with van der Waals surface area (Å²) in [6.45, 7) is 6.71. The predicted molar refractivity (Wildman–Crippen MR) is 112 cm³/mol. The molecule has 0 fully saturated rings. The summed E-state index contributed by atoms with van der Waals surface area (Å²) >= 11 is 0. The summed E-state index contributed by atoms with van der Waals surface area (Å²) in [7, 11) is 0. The lowest BCUT2D eigenvalue weighted by atomic mass is 10.2. The van der Waals surface area contributed by atoms with Gasteiger partial charge in [-0.1, -0.05) is 50.3 Å². The van der Waals surface area contributed by atoms with Crippen molar-refractivity contribution in [2.24, 2.45) is 0 Å². The van der Waals surface area contributed by atoms with Crippen LogP contribution in [0.15, 0.2) is 55.4 Å². The van der Waals surface area contributed by atoms with E-state index in [4.69, 9.17) is 10.5 Å². The van der Waals surface area contributed by atoms with Crippen LogP contribution in [-0.2, 0) is 18.0 Å². The van der Waals surface area contributed by atoms with Crippen LogP contribution < -0.4 is 10.5 Å². The fraction of sp³-hybridized carbons (Fsp3) is 0.273. The molecular formula is C22H23F3N4O2. The molecule has 9 heteroatoms. The predicted octanol–water partition coefficient (Wildman–Crippen LogP) is 5.41. The largest absolute Gasteiger partial charge is 0.573 e. The lowest BCUT2D eigenvalue weighted by Crippen LogP contribution is -2.18. The first-order valence-corrected chi connectivity index (χ1v) is 9.66. The van der Waals surface area contributed by atoms with Crippen molar-refractivity contribution in [3.8, 4) is 17.0 Å². The summed E-state index contributed by atoms with van der Waals surface area (Å²) in [6.07, 6.45) is -0.223. The number of ether oxygens (including phenoxy) is 2. The number of nitrogens with two attached hydrogens (primary N) is 1. The van der Waals surface area contributed by atoms with Crippen LogP contribution in [0.25, 0.3) is 17.0 Å². The number of rotatable bonds is 9. The first-order valence-electron chi connectivity index (χ1n) is 9.66. The Kier molecular flexibility index (Phi) is 6.96. The highest BCUT2D eigenvalue weighted by atomic mass is 19.4. The van der Waals surface area contributed by atoms with Crippen molar-refractivity contribution in [2.45, 2.75) is 39.3 Å². The van der Waals surface area contributed by atoms with Crippen molar-refractivity contribution >= 4 is 11.5 Å². The normalized spacial score (nSPS) is 11.5. The number of hydrogen-bond acceptors (Lipinski definition) is 5. The molecule has 3 rings (SSSR count). The Labute approximate surface area is 178 Å². The van der Waals surface area contributed by atoms with Gasteiger partial charge >= 0.3 is 6.36 Å². The minimum absolute atomic E-state index is 0.200. The minimum atomic E-state index is -4.88. The van der Waals surface area contributed by atoms with Gasteiger partial charge in [0, 0.05) is 23.7 Å². The first kappa shape index (κ1) is 22.4. The first-order chi connectivity index (χ1) is 14.8. The number of hydrogen-bond donors (Lipinski definition) is 1. The average Bonchev–Trinajstić information content (AvgIpc) is 3.14. The van der Waals surface area contributed by atoms with Gasteiger partial charge in [0.2, 0.25) is 0 Å². The van der Waals surface area contributed by atoms with Gasteiger partial charge in [0.25, 0.3) is 0 Å². The standard InChI is InChI=1S/C22H23F3N4O2/c1-3-7-15(2)29-12-18(17-10-19(21(26)27-11-17)31-22(23,24)25)28-20(29)14-30-13-16-8-5-4-6-9-16/h4-6,8-12H,2-3,7,13-14H2,1H3,(H2,26,27). The average molecular weight is 432 g/mol. The Hall–Kier alpha value is -3.33. The zero-order valence-electron chi connectivity index (χ0n) is 17.0. The number of nitrogens with zero attached hydrogens (tertiary/aromatic N) is 3. The Balaban J connectivity index is 1.86. The molecular weight excluding hydrogens is 409 g/mol. The molecule has 0 amide bonds. The Morgan fingerprint density at radius 3 is 2.61 bits per heavy atom. The molecule has 0 atom stereocenters. The Morgan fingerprint density at radius 2 is 1.94 bits per heavy atom. The molecule has 0 aliphatic rings. The summed E-state index contributed by atoms with van der Waals surface area (Å²) in [6, 6.07) is 10.9. The van der Waals surface area contributed by atoms with Crippen molar-refractivity contribution in [1.82, 2.24) is 14.5 Å². The van der Waals surface area contributed by atoms with E-state index in [0.717, 1.165) is 24.1 Å². The van der Waals surface area contributed by atoms with Gasteiger partial charge in [-0.05, 0) is 18.1 Å². The smallest absolute Gasteiger partial charge is 0.402 e. The van der Waals surface area contributed by atoms with E-state index in [2.05, 4.69) is 21.3 Å². The number of imidazole rings is 1. The van der Waals surface area contributed by atoms with Crippen molar-refractivity contribution in [1.29, 1.82) is 0 Å². The maximum absolute atomic E-state index is 12.6. The topological polar surface area (TPSA) is 75.2 Å². The number of aromatic nitrogens is 3. The lowest BCUT2D eigenvalue weighted by Gasteiger charge is -2.11. The summed E-state index contributed by atoms with van der Waals surface area (Å²) in [4.78, 5) is 8.35. The van der Waals surface area contributed by atoms with Crippen LogP contribution in [0.2, 0.25) is 0 Å². The van der Waals surface area contributed by atoms with E-state index in [1.54, 1.807) is 10.8 Å². The quantitative estimate of drug-likeness (QED) is 0.489. The van der Waals surface area contributed by atoms with Crippen LogP contribution in [0.5, 0.6) is 5.75 Å². The van der Waals surface area contributed by atoms with Crippen molar-refractivity contribution in [3.63, 3.8) is 0 Å². The van der Waals surface area contributed by atoms with Gasteiger partial charge in [-0.25, -0.2) is 9.97 Å². The molecule has 6 nitrogen and oxygen atoms in total. The monoisotopic (exact) mass is 432 g/mol. The molecule has 0 saturated heterocycles. The molecule has 164 valence electrons. The number of halogens is 3. The van der Waals surface area contributed by atoms with Crippen LogP contribution in [0.3, 0.4) is 0 Å². The van der Waals surface area contributed by atoms with Crippen LogP contribution in [0.1, 0.15) is 31.2 Å². The lowest BCUT2D eigenvalue weighted by molar-refractivity contribution is -0.274. The van der Waals surface area contributed by atoms with Gasteiger partial charge < -0.3 is 19.8 Å². The molecule has 0 bridgehead atoms. The van der Waals surface area contributed by atoms with Gasteiger partial charge in [0.15, 0.2) is 11.6 Å². The van der Waals surface area contributed by atoms with Gasteiger partial charge in [-0.2, -0.15) is 0 Å². The molecule has 2 heterocycles. The number of pyridine rings is 1. The molecule has 3 aromatic rings. The van der Waals surface area contributed by atoms with Gasteiger partial charge in [0.05, 0.1) is 12.3 Å². The molecule has 1 aromatic carbocycles. The second-order valence-electron chi connectivity index (χ2n) is 6.86. The number of alkyl halides is 3. The molecule has 0 aliphatic carbocycles. The number of anilines is 1. The molecule has 0 saturated carbocycles. The van der Waals surface area contributed by atoms with Crippen LogP contribution in [-0.4, -0.2) is 20.9 Å². The SMILES string of the molecule is C=C(CCC)n1cc(-c2cnc(N)c(OC(F)(F)F)c2)nc1COCc1ccccc1. The van der Waals surface area contributed by atoms with Gasteiger partial charge in [-0.15, -0.1) is 13.2 Å². The Morgan fingerprint density at radius 1 is 1.19 bits per heavy atom. The van der Waals surface area contributed by atoms with E-state index >= 15 is 0 Å². The summed E-state index contributed by atoms with van der Waals surface area (Å²) in [5, 5.41) is 0. The zero-order chi connectivity index (χ0) is 22.4. The molecule has 0 aliphatic heterocycles. The molecule has 0 radical (unpaired) electrons. The van der Waals surface area contributed by atoms with E-state index in [-0.39, 0.29) is 12.4 Å². The highest BCUT2D eigenvalue weighted by Gasteiger charge is 2.32. The third-order valence-electron chi connectivity index (χ3n) is 4.40. The van der Waals surface area contributed by atoms with Crippen LogP contribution in [0, 0.1) is 0 Å². The van der Waals surface area contributed by atoms with Gasteiger partial charge in [-0.3, -0.25) is 0 Å². The maximum atomic E-state index is 12.6. The van der Waals surface area contributed by atoms with Crippen molar-refractivity contribution < 1.29 is 22.6 Å². The number of benzene rings is 1. The third-order valence-corrected chi connectivity index (χ3v) is 4.40. The van der Waals surface area contributed by atoms with Crippen molar-refractivity contribution in [3.05, 3.63) is 66.8 Å². The van der Waals surface area contributed by atoms with E-state index in [1.165, 1.54) is 12.3 Å². The minimum Gasteiger partial charge on any atom is -0.402 e. The third kappa shape index (κ3) is 6.08. The summed E-state index contributed by atoms with van der Waals surface area (Å²) in [5.74, 6) is -0.351. The van der Waals surface area contributed by atoms with Crippen molar-refractivity contribution in [2.75, 3.05) is 5.73 Å². The zero-order valence-corrected chi connectivity index (χ0v) is 17.0. The molecule has 0 unspecified atom stereocenters. The molecule has 2 N–H and O–H groups in total. The van der Waals surface area contributed by atoms with E-state index < -0.39 is 12.1 Å². The fourth-order valence-electron chi connectivity index (χ4n) is 2.98. The fourth-order valence-corrected chi connectivity index (χ4v) is 2.98. The second kappa shape index (κ2) is 9.65. The molecule has 2 aromatic heterocycles.